The predicted octanol–water partition coefficient (Wildman–Crippen LogP) is 0.561. The maximum absolute atomic E-state index is 10.4. The first-order valence-corrected chi connectivity index (χ1v) is 2.23. The van der Waals surface area contributed by atoms with Gasteiger partial charge in [-0.1, -0.05) is 0 Å². The van der Waals surface area contributed by atoms with Crippen LogP contribution in [0.2, 0.25) is 0 Å². The van der Waals surface area contributed by atoms with Crippen LogP contribution in [0.4, 0.5) is 0 Å². The molecule has 0 aliphatic rings. The SMILES string of the molecule is CC([O])c1conn1. The second kappa shape index (κ2) is 1.92. The summed E-state index contributed by atoms with van der Waals surface area (Å²) in [6, 6.07) is 0. The van der Waals surface area contributed by atoms with Crippen LogP contribution in [0.1, 0.15) is 18.7 Å². The van der Waals surface area contributed by atoms with Crippen LogP contribution in [0.3, 0.4) is 0 Å². The van der Waals surface area contributed by atoms with Crippen molar-refractivity contribution in [3.05, 3.63) is 12.0 Å². The van der Waals surface area contributed by atoms with Gasteiger partial charge in [0.05, 0.1) is 0 Å². The van der Waals surface area contributed by atoms with Gasteiger partial charge in [0.25, 0.3) is 0 Å². The quantitative estimate of drug-likeness (QED) is 0.534. The van der Waals surface area contributed by atoms with Crippen molar-refractivity contribution < 1.29 is 9.63 Å². The molecular weight excluding hydrogens is 108 g/mol. The van der Waals surface area contributed by atoms with E-state index in [0.29, 0.717) is 5.69 Å². The Kier molecular flexibility index (Phi) is 1.26. The average molecular weight is 113 g/mol. The molecule has 0 aromatic carbocycles. The molecule has 8 heavy (non-hydrogen) atoms. The van der Waals surface area contributed by atoms with E-state index >= 15 is 0 Å². The van der Waals surface area contributed by atoms with E-state index in [4.69, 9.17) is 0 Å². The Morgan fingerprint density at radius 1 is 1.88 bits per heavy atom. The van der Waals surface area contributed by atoms with Crippen LogP contribution in [-0.4, -0.2) is 10.4 Å². The van der Waals surface area contributed by atoms with E-state index in [1.54, 1.807) is 0 Å². The highest BCUT2D eigenvalue weighted by molar-refractivity contribution is 4.90. The molecule has 1 heterocycles. The van der Waals surface area contributed by atoms with E-state index in [1.807, 2.05) is 0 Å². The molecule has 0 saturated carbocycles. The Bertz CT molecular complexity index is 147. The molecule has 0 fully saturated rings. The molecule has 0 N–H and O–H groups in total. The fraction of sp³-hybridized carbons (Fsp3) is 0.500. The summed E-state index contributed by atoms with van der Waals surface area (Å²) in [5, 5.41) is 16.9. The van der Waals surface area contributed by atoms with Gasteiger partial charge in [0.1, 0.15) is 18.1 Å². The van der Waals surface area contributed by atoms with Gasteiger partial charge in [0.2, 0.25) is 0 Å². The molecule has 1 aromatic rings. The van der Waals surface area contributed by atoms with Gasteiger partial charge in [-0.05, 0) is 6.92 Å². The van der Waals surface area contributed by atoms with Crippen LogP contribution in [0, 0.1) is 0 Å². The summed E-state index contributed by atoms with van der Waals surface area (Å²) in [6.07, 6.45) is 0.416. The van der Waals surface area contributed by atoms with Gasteiger partial charge in [-0.25, -0.2) is 5.11 Å². The number of hydrogen-bond acceptors (Lipinski definition) is 3. The third-order valence-electron chi connectivity index (χ3n) is 0.793. The zero-order chi connectivity index (χ0) is 5.98. The van der Waals surface area contributed by atoms with Crippen molar-refractivity contribution in [2.75, 3.05) is 0 Å². The van der Waals surface area contributed by atoms with E-state index in [0.717, 1.165) is 0 Å². The van der Waals surface area contributed by atoms with Crippen LogP contribution < -0.4 is 0 Å². The second-order valence-electron chi connectivity index (χ2n) is 1.47. The van der Waals surface area contributed by atoms with Gasteiger partial charge < -0.3 is 4.52 Å². The highest BCUT2D eigenvalue weighted by Crippen LogP contribution is 2.05. The Labute approximate surface area is 46.1 Å². The molecule has 1 unspecified atom stereocenters. The lowest BCUT2D eigenvalue weighted by Gasteiger charge is -1.87. The molecule has 1 rings (SSSR count). The zero-order valence-corrected chi connectivity index (χ0v) is 4.37. The first-order valence-electron chi connectivity index (χ1n) is 2.23. The average Bonchev–Trinajstić information content (AvgIpc) is 2.12. The molecule has 0 aliphatic heterocycles. The van der Waals surface area contributed by atoms with Gasteiger partial charge in [-0.2, -0.15) is 0 Å². The predicted molar refractivity (Wildman–Crippen MR) is 23.4 cm³/mol. The lowest BCUT2D eigenvalue weighted by atomic mass is 10.3. The third kappa shape index (κ3) is 0.840. The monoisotopic (exact) mass is 113 g/mol. The molecule has 0 aliphatic carbocycles. The second-order valence-corrected chi connectivity index (χ2v) is 1.47. The van der Waals surface area contributed by atoms with Crippen molar-refractivity contribution in [1.82, 2.24) is 10.4 Å². The minimum Gasteiger partial charge on any atom is -0.345 e. The van der Waals surface area contributed by atoms with E-state index in [2.05, 4.69) is 14.9 Å². The van der Waals surface area contributed by atoms with E-state index in [-0.39, 0.29) is 0 Å². The molecule has 1 radical (unpaired) electrons. The number of rotatable bonds is 1. The number of nitrogens with zero attached hydrogens (tertiary/aromatic N) is 2. The molecule has 0 spiro atoms. The van der Waals surface area contributed by atoms with Crippen LogP contribution >= 0.6 is 0 Å². The summed E-state index contributed by atoms with van der Waals surface area (Å²) < 4.78 is 4.31. The fourth-order valence-corrected chi connectivity index (χ4v) is 0.349. The normalized spacial score (nSPS) is 13.8. The van der Waals surface area contributed by atoms with Gasteiger partial charge in [-0.3, -0.25) is 0 Å². The van der Waals surface area contributed by atoms with Gasteiger partial charge >= 0.3 is 0 Å². The van der Waals surface area contributed by atoms with Gasteiger partial charge in [0, 0.05) is 5.27 Å². The van der Waals surface area contributed by atoms with Crippen molar-refractivity contribution >= 4 is 0 Å². The molecule has 1 atom stereocenters. The van der Waals surface area contributed by atoms with Crippen molar-refractivity contribution in [3.63, 3.8) is 0 Å². The summed E-state index contributed by atoms with van der Waals surface area (Å²) in [5.74, 6) is 0. The Morgan fingerprint density at radius 2 is 2.62 bits per heavy atom. The molecule has 1 aromatic heterocycles. The highest BCUT2D eigenvalue weighted by Gasteiger charge is 2.04. The largest absolute Gasteiger partial charge is 0.345 e. The number of aromatic nitrogens is 2. The third-order valence-corrected chi connectivity index (χ3v) is 0.793. The molecular formula is C4H5N2O2. The highest BCUT2D eigenvalue weighted by atomic mass is 16.5. The lowest BCUT2D eigenvalue weighted by Crippen LogP contribution is -1.87. The molecule has 0 bridgehead atoms. The van der Waals surface area contributed by atoms with Crippen LogP contribution in [0.25, 0.3) is 0 Å². The van der Waals surface area contributed by atoms with Crippen molar-refractivity contribution in [2.45, 2.75) is 13.0 Å². The maximum Gasteiger partial charge on any atom is 0.150 e. The Hall–Kier alpha value is -0.900. The van der Waals surface area contributed by atoms with E-state index in [9.17, 15) is 5.11 Å². The summed E-state index contributed by atoms with van der Waals surface area (Å²) in [6.45, 7) is 1.49. The summed E-state index contributed by atoms with van der Waals surface area (Å²) in [7, 11) is 0. The summed E-state index contributed by atoms with van der Waals surface area (Å²) >= 11 is 0. The lowest BCUT2D eigenvalue weighted by molar-refractivity contribution is 0.102. The Morgan fingerprint density at radius 3 is 2.88 bits per heavy atom. The zero-order valence-electron chi connectivity index (χ0n) is 4.37. The number of hydrogen-bond donors (Lipinski definition) is 0. The summed E-state index contributed by atoms with van der Waals surface area (Å²) in [4.78, 5) is 0. The minimum atomic E-state index is -0.832. The first kappa shape index (κ1) is 5.24. The molecule has 4 nitrogen and oxygen atoms in total. The molecule has 0 saturated heterocycles. The standard InChI is InChI=1S/C4H5N2O2/c1-3(7)4-2-8-6-5-4/h2-3H,1H3. The Balaban J connectivity index is 2.77. The van der Waals surface area contributed by atoms with E-state index in [1.165, 1.54) is 13.2 Å². The topological polar surface area (TPSA) is 58.8 Å². The smallest absolute Gasteiger partial charge is 0.150 e. The minimum absolute atomic E-state index is 0.352. The fourth-order valence-electron chi connectivity index (χ4n) is 0.349. The first-order chi connectivity index (χ1) is 3.80. The van der Waals surface area contributed by atoms with Crippen molar-refractivity contribution in [3.8, 4) is 0 Å². The molecule has 4 heteroatoms. The molecule has 0 amide bonds. The van der Waals surface area contributed by atoms with E-state index < -0.39 is 6.10 Å². The van der Waals surface area contributed by atoms with Gasteiger partial charge in [0.15, 0.2) is 0 Å². The van der Waals surface area contributed by atoms with Crippen molar-refractivity contribution in [1.29, 1.82) is 0 Å². The van der Waals surface area contributed by atoms with Crippen LogP contribution in [0.15, 0.2) is 10.8 Å². The van der Waals surface area contributed by atoms with Crippen molar-refractivity contribution in [2.24, 2.45) is 0 Å². The maximum atomic E-state index is 10.4. The molecule has 43 valence electrons. The summed E-state index contributed by atoms with van der Waals surface area (Å²) in [5.41, 5.74) is 0.352. The van der Waals surface area contributed by atoms with Crippen LogP contribution in [0.5, 0.6) is 0 Å². The van der Waals surface area contributed by atoms with Gasteiger partial charge in [-0.15, -0.1) is 5.10 Å². The van der Waals surface area contributed by atoms with Crippen LogP contribution in [-0.2, 0) is 5.11 Å².